The molecule has 2 amide bonds. The molecule has 2 aliphatic heterocycles. The molecule has 0 unspecified atom stereocenters. The minimum Gasteiger partial charge on any atom is -0.321 e. The van der Waals surface area contributed by atoms with Crippen molar-refractivity contribution in [2.75, 3.05) is 32.7 Å². The zero-order chi connectivity index (χ0) is 17.1. The summed E-state index contributed by atoms with van der Waals surface area (Å²) in [6, 6.07) is 0.350. The van der Waals surface area contributed by atoms with Gasteiger partial charge < -0.3 is 9.80 Å². The van der Waals surface area contributed by atoms with Gasteiger partial charge in [0, 0.05) is 25.7 Å². The number of rotatable bonds is 5. The summed E-state index contributed by atoms with van der Waals surface area (Å²) in [7, 11) is 2.39. The number of urea groups is 1. The smallest absolute Gasteiger partial charge is 0.321 e. The Morgan fingerprint density at radius 2 is 1.70 bits per heavy atom. The van der Waals surface area contributed by atoms with Crippen molar-refractivity contribution in [1.82, 2.24) is 19.6 Å². The number of thiocarbonyl (C=S) groups is 1. The van der Waals surface area contributed by atoms with Crippen LogP contribution in [0.1, 0.15) is 34.6 Å². The Morgan fingerprint density at radius 3 is 2.22 bits per heavy atom. The van der Waals surface area contributed by atoms with E-state index < -0.39 is 0 Å². The molecule has 0 radical (unpaired) electrons. The molecule has 132 valence electrons. The first-order valence-electron chi connectivity index (χ1n) is 8.22. The molecule has 5 nitrogen and oxygen atoms in total. The van der Waals surface area contributed by atoms with Crippen molar-refractivity contribution in [2.24, 2.45) is 0 Å². The summed E-state index contributed by atoms with van der Waals surface area (Å²) < 4.78 is 0. The first-order valence-corrected chi connectivity index (χ1v) is 11.1. The molecule has 2 aliphatic rings. The molecule has 0 saturated carbocycles. The quantitative estimate of drug-likeness (QED) is 0.437. The highest BCUT2D eigenvalue weighted by Crippen LogP contribution is 2.24. The lowest BCUT2D eigenvalue weighted by Crippen LogP contribution is -2.37. The van der Waals surface area contributed by atoms with Gasteiger partial charge in [-0.2, -0.15) is 0 Å². The molecule has 0 aromatic heterocycles. The van der Waals surface area contributed by atoms with Crippen molar-refractivity contribution in [1.29, 1.82) is 0 Å². The van der Waals surface area contributed by atoms with Gasteiger partial charge in [0.2, 0.25) is 0 Å². The van der Waals surface area contributed by atoms with E-state index in [1.54, 1.807) is 0 Å². The van der Waals surface area contributed by atoms with Gasteiger partial charge in [0.1, 0.15) is 5.11 Å². The summed E-state index contributed by atoms with van der Waals surface area (Å²) in [5, 5.41) is 1.28. The third-order valence-electron chi connectivity index (χ3n) is 4.09. The fourth-order valence-corrected chi connectivity index (χ4v) is 6.61. The zero-order valence-corrected chi connectivity index (χ0v) is 17.2. The van der Waals surface area contributed by atoms with E-state index in [1.807, 2.05) is 16.7 Å². The van der Waals surface area contributed by atoms with Gasteiger partial charge in [-0.25, -0.2) is 9.69 Å². The van der Waals surface area contributed by atoms with E-state index >= 15 is 0 Å². The first-order chi connectivity index (χ1) is 10.9. The summed E-state index contributed by atoms with van der Waals surface area (Å²) in [6.07, 6.45) is 0. The van der Waals surface area contributed by atoms with Crippen LogP contribution in [0.25, 0.3) is 0 Å². The number of thiol groups is 2. The van der Waals surface area contributed by atoms with Crippen LogP contribution >= 0.6 is 33.0 Å². The van der Waals surface area contributed by atoms with Gasteiger partial charge in [0.05, 0.1) is 23.1 Å². The average Bonchev–Trinajstić information content (AvgIpc) is 3.00. The number of nitrogens with zero attached hydrogens (tertiary/aromatic N) is 4. The van der Waals surface area contributed by atoms with Crippen LogP contribution in [0.2, 0.25) is 0 Å². The molecule has 8 heteroatoms. The van der Waals surface area contributed by atoms with Gasteiger partial charge in [-0.3, -0.25) is 4.90 Å². The van der Waals surface area contributed by atoms with Crippen molar-refractivity contribution < 1.29 is 4.79 Å². The molecule has 0 aliphatic carbocycles. The standard InChI is InChI=1S/C15H28N4OS3/c1-6-16-10-13(19(11(4)5)14(16)20)22-23-15-17(7-2)9-12(21)18(15)8-3/h11,22-23H,6-10H2,1-5H3. The predicted octanol–water partition coefficient (Wildman–Crippen LogP) is 2.20. The van der Waals surface area contributed by atoms with Crippen LogP contribution in [-0.4, -0.2) is 79.5 Å². The van der Waals surface area contributed by atoms with Crippen molar-refractivity contribution in [2.45, 2.75) is 40.7 Å². The fourth-order valence-electron chi connectivity index (χ4n) is 2.82. The van der Waals surface area contributed by atoms with Crippen LogP contribution in [0.5, 0.6) is 0 Å². The Balaban J connectivity index is 2.32. The van der Waals surface area contributed by atoms with E-state index in [2.05, 4.69) is 37.5 Å². The van der Waals surface area contributed by atoms with Gasteiger partial charge in [0.25, 0.3) is 0 Å². The monoisotopic (exact) mass is 376 g/mol. The summed E-state index contributed by atoms with van der Waals surface area (Å²) in [6.45, 7) is 14.8. The van der Waals surface area contributed by atoms with Gasteiger partial charge in [-0.1, -0.05) is 19.1 Å². The fraction of sp³-hybridized carbons (Fsp3) is 0.733. The van der Waals surface area contributed by atoms with Gasteiger partial charge >= 0.3 is 6.03 Å². The number of hydrogen-bond donors (Lipinski definition) is 2. The second-order valence-electron chi connectivity index (χ2n) is 5.83. The molecule has 0 N–H and O–H groups in total. The third-order valence-corrected chi connectivity index (χ3v) is 7.36. The molecule has 2 heterocycles. The molecule has 0 aromatic rings. The molecular formula is C15H28N4OS3. The van der Waals surface area contributed by atoms with E-state index in [-0.39, 0.29) is 12.1 Å². The highest BCUT2D eigenvalue weighted by molar-refractivity contribution is 8.74. The highest BCUT2D eigenvalue weighted by Gasteiger charge is 2.34. The zero-order valence-electron chi connectivity index (χ0n) is 14.6. The van der Waals surface area contributed by atoms with Gasteiger partial charge in [0.15, 0.2) is 0 Å². The number of likely N-dealkylation sites (N-methyl/N-ethyl adjacent to an activating group) is 3. The molecule has 0 aromatic carbocycles. The third kappa shape index (κ3) is 3.81. The lowest BCUT2D eigenvalue weighted by molar-refractivity contribution is 0.192. The van der Waals surface area contributed by atoms with Crippen LogP contribution in [-0.2, 0) is 0 Å². The Morgan fingerprint density at radius 1 is 1.04 bits per heavy atom. The van der Waals surface area contributed by atoms with Crippen molar-refractivity contribution in [3.63, 3.8) is 0 Å². The van der Waals surface area contributed by atoms with E-state index in [0.29, 0.717) is 0 Å². The summed E-state index contributed by atoms with van der Waals surface area (Å²) in [5.41, 5.74) is 0. The largest absolute Gasteiger partial charge is 0.325 e. The maximum atomic E-state index is 12.5. The maximum absolute atomic E-state index is 12.5. The Labute approximate surface area is 151 Å². The van der Waals surface area contributed by atoms with Crippen LogP contribution in [0.4, 0.5) is 4.79 Å². The van der Waals surface area contributed by atoms with Crippen molar-refractivity contribution in [3.05, 3.63) is 0 Å². The molecule has 2 fully saturated rings. The van der Waals surface area contributed by atoms with Crippen molar-refractivity contribution in [3.8, 4) is 0 Å². The number of hydrogen-bond acceptors (Lipinski definition) is 2. The molecule has 0 atom stereocenters. The molecule has 2 rings (SSSR count). The maximum Gasteiger partial charge on any atom is 0.325 e. The summed E-state index contributed by atoms with van der Waals surface area (Å²) in [5.74, 6) is 0. The number of carbonyl (C=O) groups excluding carboxylic acids is 1. The number of carbonyl (C=O) groups is 1. The van der Waals surface area contributed by atoms with Crippen LogP contribution < -0.4 is 0 Å². The summed E-state index contributed by atoms with van der Waals surface area (Å²) >= 11 is 5.51. The minimum atomic E-state index is 0.145. The Kier molecular flexibility index (Phi) is 6.65. The molecule has 0 spiro atoms. The average molecular weight is 377 g/mol. The van der Waals surface area contributed by atoms with Gasteiger partial charge in [-0.15, -0.1) is 20.8 Å². The summed E-state index contributed by atoms with van der Waals surface area (Å²) in [4.78, 5) is 23.1. The van der Waals surface area contributed by atoms with Crippen LogP contribution in [0, 0.1) is 0 Å². The predicted molar refractivity (Wildman–Crippen MR) is 110 cm³/mol. The first kappa shape index (κ1) is 18.9. The second-order valence-corrected chi connectivity index (χ2v) is 8.82. The molecule has 2 saturated heterocycles. The van der Waals surface area contributed by atoms with Crippen molar-refractivity contribution >= 4 is 54.1 Å². The SMILES string of the molecule is CCN1C/C(=[SH]\[SH]=C2\N(CC)CC(=S)N2CC)N(C(C)C)C1=O. The van der Waals surface area contributed by atoms with Crippen LogP contribution in [0.15, 0.2) is 0 Å². The topological polar surface area (TPSA) is 30.0 Å². The second kappa shape index (κ2) is 8.09. The Bertz CT molecular complexity index is 547. The Hall–Kier alpha value is -0.440. The van der Waals surface area contributed by atoms with E-state index in [9.17, 15) is 4.79 Å². The van der Waals surface area contributed by atoms with Gasteiger partial charge in [-0.05, 0) is 27.7 Å². The molecular weight excluding hydrogens is 348 g/mol. The minimum absolute atomic E-state index is 0.145. The lowest BCUT2D eigenvalue weighted by Gasteiger charge is -2.22. The van der Waals surface area contributed by atoms with Crippen LogP contribution in [0.3, 0.4) is 0 Å². The van der Waals surface area contributed by atoms with E-state index in [0.717, 1.165) is 37.7 Å². The lowest BCUT2D eigenvalue weighted by atomic mass is 10.3. The molecule has 0 bridgehead atoms. The van der Waals surface area contributed by atoms with E-state index in [1.165, 1.54) is 30.9 Å². The highest BCUT2D eigenvalue weighted by atomic mass is 33.1. The number of amides is 2. The molecule has 23 heavy (non-hydrogen) atoms. The van der Waals surface area contributed by atoms with E-state index in [4.69, 9.17) is 12.2 Å². The normalized spacial score (nSPS) is 24.2.